The zero-order chi connectivity index (χ0) is 10.1. The van der Waals surface area contributed by atoms with Crippen molar-refractivity contribution in [1.29, 1.82) is 0 Å². The van der Waals surface area contributed by atoms with Crippen molar-refractivity contribution in [2.75, 3.05) is 18.0 Å². The number of rotatable bonds is 2. The summed E-state index contributed by atoms with van der Waals surface area (Å²) >= 11 is 5.15. The van der Waals surface area contributed by atoms with Crippen LogP contribution in [0.5, 0.6) is 0 Å². The molecule has 1 aromatic heterocycles. The summed E-state index contributed by atoms with van der Waals surface area (Å²) in [5.41, 5.74) is 0. The first-order valence-corrected chi connectivity index (χ1v) is 6.58. The van der Waals surface area contributed by atoms with Gasteiger partial charge in [-0.15, -0.1) is 0 Å². The molecule has 0 saturated carbocycles. The van der Waals surface area contributed by atoms with Crippen molar-refractivity contribution in [1.82, 2.24) is 9.36 Å². The van der Waals surface area contributed by atoms with Crippen LogP contribution >= 0.6 is 27.5 Å². The van der Waals surface area contributed by atoms with Crippen LogP contribution in [-0.4, -0.2) is 27.3 Å². The van der Waals surface area contributed by atoms with Gasteiger partial charge in [0.05, 0.1) is 0 Å². The largest absolute Gasteiger partial charge is 0.346 e. The zero-order valence-electron chi connectivity index (χ0n) is 8.40. The van der Waals surface area contributed by atoms with E-state index in [9.17, 15) is 0 Å². The molecule has 0 aliphatic carbocycles. The number of nitrogens with zero attached hydrogens (tertiary/aromatic N) is 3. The number of anilines is 1. The smallest absolute Gasteiger partial charge is 0.205 e. The van der Waals surface area contributed by atoms with E-state index >= 15 is 0 Å². The van der Waals surface area contributed by atoms with Crippen molar-refractivity contribution in [2.24, 2.45) is 0 Å². The van der Waals surface area contributed by atoms with Crippen molar-refractivity contribution in [3.05, 3.63) is 5.82 Å². The third-order valence-electron chi connectivity index (χ3n) is 2.35. The molecule has 1 saturated heterocycles. The number of alkyl halides is 1. The summed E-state index contributed by atoms with van der Waals surface area (Å²) < 4.78 is 4.36. The third-order valence-corrected chi connectivity index (χ3v) is 3.89. The van der Waals surface area contributed by atoms with E-state index in [1.165, 1.54) is 18.0 Å². The molecule has 78 valence electrons. The molecule has 1 aromatic rings. The van der Waals surface area contributed by atoms with Crippen LogP contribution < -0.4 is 4.90 Å². The highest BCUT2D eigenvalue weighted by molar-refractivity contribution is 9.09. The second-order valence-electron chi connectivity index (χ2n) is 3.92. The summed E-state index contributed by atoms with van der Waals surface area (Å²) in [6, 6.07) is 0. The van der Waals surface area contributed by atoms with Crippen LogP contribution in [0.25, 0.3) is 0 Å². The Kier molecular flexibility index (Phi) is 3.07. The molecule has 14 heavy (non-hydrogen) atoms. The van der Waals surface area contributed by atoms with Gasteiger partial charge in [0.2, 0.25) is 5.13 Å². The highest BCUT2D eigenvalue weighted by Crippen LogP contribution is 2.26. The van der Waals surface area contributed by atoms with Gasteiger partial charge < -0.3 is 4.90 Å². The molecule has 5 heteroatoms. The lowest BCUT2D eigenvalue weighted by Gasteiger charge is -2.12. The number of hydrogen-bond acceptors (Lipinski definition) is 4. The molecule has 1 aliphatic heterocycles. The van der Waals surface area contributed by atoms with Gasteiger partial charge in [-0.2, -0.15) is 4.37 Å². The molecule has 0 spiro atoms. The molecule has 1 aliphatic rings. The fourth-order valence-corrected chi connectivity index (χ4v) is 2.88. The van der Waals surface area contributed by atoms with Crippen molar-refractivity contribution >= 4 is 32.6 Å². The average Bonchev–Trinajstić information content (AvgIpc) is 2.70. The minimum absolute atomic E-state index is 0.433. The van der Waals surface area contributed by atoms with Crippen LogP contribution in [0, 0.1) is 0 Å². The van der Waals surface area contributed by atoms with Crippen molar-refractivity contribution in [3.63, 3.8) is 0 Å². The summed E-state index contributed by atoms with van der Waals surface area (Å²) in [6.07, 6.45) is 1.20. The first-order chi connectivity index (χ1) is 6.66. The lowest BCUT2D eigenvalue weighted by Crippen LogP contribution is -2.19. The van der Waals surface area contributed by atoms with Gasteiger partial charge in [0.25, 0.3) is 0 Å². The van der Waals surface area contributed by atoms with Gasteiger partial charge in [0.1, 0.15) is 5.82 Å². The van der Waals surface area contributed by atoms with Gasteiger partial charge >= 0.3 is 0 Å². The molecule has 0 amide bonds. The summed E-state index contributed by atoms with van der Waals surface area (Å²) in [4.78, 5) is 7.47. The molecule has 0 bridgehead atoms. The van der Waals surface area contributed by atoms with E-state index in [0.29, 0.717) is 10.7 Å². The Labute approximate surface area is 96.8 Å². The predicted octanol–water partition coefficient (Wildman–Crippen LogP) is 2.64. The van der Waals surface area contributed by atoms with E-state index in [1.54, 1.807) is 0 Å². The number of halogens is 1. The normalized spacial score (nSPS) is 22.3. The molecule has 2 heterocycles. The third kappa shape index (κ3) is 2.08. The average molecular weight is 276 g/mol. The van der Waals surface area contributed by atoms with Crippen LogP contribution in [0.4, 0.5) is 5.13 Å². The number of hydrogen-bond donors (Lipinski definition) is 0. The topological polar surface area (TPSA) is 29.0 Å². The molecule has 0 radical (unpaired) electrons. The maximum Gasteiger partial charge on any atom is 0.205 e. The second kappa shape index (κ2) is 4.14. The zero-order valence-corrected chi connectivity index (χ0v) is 10.8. The Hall–Kier alpha value is -0.160. The van der Waals surface area contributed by atoms with Crippen LogP contribution in [0.2, 0.25) is 0 Å². The fraction of sp³-hybridized carbons (Fsp3) is 0.778. The summed E-state index contributed by atoms with van der Waals surface area (Å²) in [6.45, 7) is 6.42. The van der Waals surface area contributed by atoms with Crippen molar-refractivity contribution in [2.45, 2.75) is 31.0 Å². The Morgan fingerprint density at radius 3 is 2.86 bits per heavy atom. The maximum atomic E-state index is 4.54. The second-order valence-corrected chi connectivity index (χ2v) is 5.95. The molecule has 1 unspecified atom stereocenters. The fourth-order valence-electron chi connectivity index (χ4n) is 1.48. The van der Waals surface area contributed by atoms with Crippen molar-refractivity contribution < 1.29 is 0 Å². The first-order valence-electron chi connectivity index (χ1n) is 4.89. The van der Waals surface area contributed by atoms with Crippen LogP contribution in [-0.2, 0) is 0 Å². The van der Waals surface area contributed by atoms with Gasteiger partial charge in [-0.1, -0.05) is 29.8 Å². The van der Waals surface area contributed by atoms with E-state index in [2.05, 4.69) is 44.0 Å². The SMILES string of the molecule is CC(C)c1nsc(N2CCC(Br)C2)n1. The van der Waals surface area contributed by atoms with E-state index in [4.69, 9.17) is 0 Å². The Morgan fingerprint density at radius 1 is 1.57 bits per heavy atom. The molecule has 3 nitrogen and oxygen atoms in total. The molecule has 2 rings (SSSR count). The number of aromatic nitrogens is 2. The summed E-state index contributed by atoms with van der Waals surface area (Å²) in [7, 11) is 0. The van der Waals surface area contributed by atoms with Gasteiger partial charge in [-0.3, -0.25) is 0 Å². The van der Waals surface area contributed by atoms with Gasteiger partial charge in [0, 0.05) is 35.4 Å². The Bertz CT molecular complexity index is 313. The van der Waals surface area contributed by atoms with Gasteiger partial charge in [0.15, 0.2) is 0 Å². The quantitative estimate of drug-likeness (QED) is 0.778. The molecular formula is C9H14BrN3S. The van der Waals surface area contributed by atoms with Crippen LogP contribution in [0.1, 0.15) is 32.0 Å². The van der Waals surface area contributed by atoms with E-state index in [-0.39, 0.29) is 0 Å². The lowest BCUT2D eigenvalue weighted by molar-refractivity contribution is 0.794. The summed E-state index contributed by atoms with van der Waals surface area (Å²) in [5, 5.41) is 1.08. The standard InChI is InChI=1S/C9H14BrN3S/c1-6(2)8-11-9(14-12-8)13-4-3-7(10)5-13/h6-7H,3-5H2,1-2H3. The molecular weight excluding hydrogens is 262 g/mol. The lowest BCUT2D eigenvalue weighted by atomic mass is 10.2. The molecule has 1 atom stereocenters. The Balaban J connectivity index is 2.09. The van der Waals surface area contributed by atoms with Crippen molar-refractivity contribution in [3.8, 4) is 0 Å². The first kappa shape index (κ1) is 10.4. The minimum atomic E-state index is 0.433. The molecule has 1 fully saturated rings. The highest BCUT2D eigenvalue weighted by Gasteiger charge is 2.23. The molecule has 0 aromatic carbocycles. The summed E-state index contributed by atoms with van der Waals surface area (Å²) in [5.74, 6) is 1.41. The minimum Gasteiger partial charge on any atom is -0.346 e. The maximum absolute atomic E-state index is 4.54. The van der Waals surface area contributed by atoms with E-state index in [0.717, 1.165) is 24.0 Å². The Morgan fingerprint density at radius 2 is 2.36 bits per heavy atom. The highest BCUT2D eigenvalue weighted by atomic mass is 79.9. The molecule has 0 N–H and O–H groups in total. The van der Waals surface area contributed by atoms with Gasteiger partial charge in [-0.05, 0) is 6.42 Å². The van der Waals surface area contributed by atoms with Crippen LogP contribution in [0.15, 0.2) is 0 Å². The van der Waals surface area contributed by atoms with Crippen LogP contribution in [0.3, 0.4) is 0 Å². The van der Waals surface area contributed by atoms with E-state index < -0.39 is 0 Å². The van der Waals surface area contributed by atoms with E-state index in [1.807, 2.05) is 0 Å². The van der Waals surface area contributed by atoms with Gasteiger partial charge in [-0.25, -0.2) is 4.98 Å². The monoisotopic (exact) mass is 275 g/mol. The predicted molar refractivity (Wildman–Crippen MR) is 63.5 cm³/mol.